The molecule has 0 bridgehead atoms. The van der Waals surface area contributed by atoms with Crippen LogP contribution in [0.4, 0.5) is 0 Å². The van der Waals surface area contributed by atoms with Gasteiger partial charge in [0.2, 0.25) is 0 Å². The van der Waals surface area contributed by atoms with Crippen LogP contribution in [0.15, 0.2) is 0 Å². The van der Waals surface area contributed by atoms with E-state index in [9.17, 15) is 0 Å². The maximum atomic E-state index is 3.16. The van der Waals surface area contributed by atoms with Gasteiger partial charge in [-0.15, -0.1) is 0 Å². The summed E-state index contributed by atoms with van der Waals surface area (Å²) in [5.74, 6) is 0. The average Bonchev–Trinajstić information content (AvgIpc) is 1.69. The van der Waals surface area contributed by atoms with E-state index in [1.807, 2.05) is 0 Å². The third kappa shape index (κ3) is 6.52. The fourth-order valence-electron chi connectivity index (χ4n) is 0.338. The van der Waals surface area contributed by atoms with Crippen LogP contribution in [0.25, 0.3) is 0 Å². The average molecular weight is 269 g/mol. The first kappa shape index (κ1) is 7.52. The molecule has 0 saturated carbocycles. The molecule has 0 rings (SSSR count). The first-order valence-electron chi connectivity index (χ1n) is 2.59. The summed E-state index contributed by atoms with van der Waals surface area (Å²) < 4.78 is 2.07. The molecule has 0 aromatic heterocycles. The zero-order valence-electron chi connectivity index (χ0n) is 4.61. The Labute approximate surface area is 55.9 Å². The number of nitrogens with one attached hydrogen (secondary N) is 1. The van der Waals surface area contributed by atoms with E-state index in [4.69, 9.17) is 0 Å². The van der Waals surface area contributed by atoms with Crippen molar-refractivity contribution in [2.75, 3.05) is 6.54 Å². The molecule has 0 amide bonds. The molecule has 0 unspecified atom stereocenters. The third-order valence-electron chi connectivity index (χ3n) is 0.758. The number of unbranched alkanes of at least 4 members (excludes halogenated alkanes) is 1. The van der Waals surface area contributed by atoms with Gasteiger partial charge in [0.15, 0.2) is 0 Å². The van der Waals surface area contributed by atoms with Gasteiger partial charge < -0.3 is 0 Å². The molecule has 0 aliphatic heterocycles. The van der Waals surface area contributed by atoms with Gasteiger partial charge in [-0.2, -0.15) is 0 Å². The van der Waals surface area contributed by atoms with Gasteiger partial charge in [-0.3, -0.25) is 0 Å². The summed E-state index contributed by atoms with van der Waals surface area (Å²) in [6, 6.07) is 0. The predicted molar refractivity (Wildman–Crippen MR) is 29.0 cm³/mol. The standard InChI is InChI=1S/C5H11N.W/c1-3-4-5-6-2;/h2,6H,3-5H2,1H3;. The van der Waals surface area contributed by atoms with Crippen molar-refractivity contribution in [1.82, 2.24) is 5.32 Å². The Balaban J connectivity index is 2.56. The predicted octanol–water partition coefficient (Wildman–Crippen LogP) is 0.683. The van der Waals surface area contributed by atoms with Crippen molar-refractivity contribution in [3.8, 4) is 0 Å². The van der Waals surface area contributed by atoms with Gasteiger partial charge >= 0.3 is 55.5 Å². The SMILES string of the molecule is CCCCN[CH]=[W]. The molecule has 1 N–H and O–H groups in total. The summed E-state index contributed by atoms with van der Waals surface area (Å²) in [4.78, 5) is 0. The van der Waals surface area contributed by atoms with Gasteiger partial charge in [0.1, 0.15) is 0 Å². The molecule has 0 fully saturated rings. The molecule has 0 aliphatic carbocycles. The van der Waals surface area contributed by atoms with E-state index < -0.39 is 0 Å². The van der Waals surface area contributed by atoms with Gasteiger partial charge in [0.25, 0.3) is 0 Å². The Morgan fingerprint density at radius 2 is 2.43 bits per heavy atom. The van der Waals surface area contributed by atoms with Crippen molar-refractivity contribution in [3.63, 3.8) is 0 Å². The number of hydrogen-bond donors (Lipinski definition) is 1. The Kier molecular flexibility index (Phi) is 7.00. The molecule has 7 heavy (non-hydrogen) atoms. The van der Waals surface area contributed by atoms with Crippen LogP contribution in [-0.4, -0.2) is 11.1 Å². The second-order valence-electron chi connectivity index (χ2n) is 1.43. The van der Waals surface area contributed by atoms with E-state index in [1.54, 1.807) is 0 Å². The van der Waals surface area contributed by atoms with Gasteiger partial charge in [0.05, 0.1) is 0 Å². The van der Waals surface area contributed by atoms with Crippen LogP contribution in [0, 0.1) is 0 Å². The van der Waals surface area contributed by atoms with Crippen molar-refractivity contribution >= 4 is 4.52 Å². The van der Waals surface area contributed by atoms with E-state index in [-0.39, 0.29) is 0 Å². The topological polar surface area (TPSA) is 12.0 Å². The van der Waals surface area contributed by atoms with Crippen molar-refractivity contribution in [2.45, 2.75) is 19.8 Å². The van der Waals surface area contributed by atoms with Gasteiger partial charge in [-0.1, -0.05) is 0 Å². The molecule has 0 aromatic rings. The zero-order valence-corrected chi connectivity index (χ0v) is 7.54. The van der Waals surface area contributed by atoms with Crippen LogP contribution in [0.2, 0.25) is 0 Å². The Morgan fingerprint density at radius 3 is 2.86 bits per heavy atom. The van der Waals surface area contributed by atoms with Crippen molar-refractivity contribution in [2.24, 2.45) is 0 Å². The molecule has 0 radical (unpaired) electrons. The van der Waals surface area contributed by atoms with E-state index in [1.165, 1.54) is 32.2 Å². The Morgan fingerprint density at radius 1 is 1.71 bits per heavy atom. The van der Waals surface area contributed by atoms with Gasteiger partial charge in [0, 0.05) is 0 Å². The van der Waals surface area contributed by atoms with Gasteiger partial charge in [-0.25, -0.2) is 0 Å². The second kappa shape index (κ2) is 6.52. The second-order valence-corrected chi connectivity index (χ2v) is 2.27. The minimum atomic E-state index is 1.15. The molecule has 0 heterocycles. The Hall–Kier alpha value is 0.518. The van der Waals surface area contributed by atoms with Crippen LogP contribution in [0.1, 0.15) is 19.8 Å². The molecule has 2 heteroatoms. The minimum absolute atomic E-state index is 1.15. The monoisotopic (exact) mass is 269 g/mol. The van der Waals surface area contributed by atoms with Crippen molar-refractivity contribution < 1.29 is 19.4 Å². The Bertz CT molecular complexity index is 45.3. The summed E-state index contributed by atoms with van der Waals surface area (Å²) in [7, 11) is 0. The fraction of sp³-hybridized carbons (Fsp3) is 0.800. The molecular weight excluding hydrogens is 258 g/mol. The van der Waals surface area contributed by atoms with E-state index in [0.717, 1.165) is 6.54 Å². The molecule has 42 valence electrons. The maximum absolute atomic E-state index is 3.16. The number of hydrogen-bond acceptors (Lipinski definition) is 1. The first-order valence-corrected chi connectivity index (χ1v) is 4.28. The molecule has 1 nitrogen and oxygen atoms in total. The van der Waals surface area contributed by atoms with Crippen LogP contribution in [-0.2, 0) is 19.4 Å². The summed E-state index contributed by atoms with van der Waals surface area (Å²) in [6.45, 7) is 3.35. The molecule has 0 spiro atoms. The molecule has 0 atom stereocenters. The summed E-state index contributed by atoms with van der Waals surface area (Å²) in [5, 5.41) is 3.16. The van der Waals surface area contributed by atoms with Crippen LogP contribution in [0.3, 0.4) is 0 Å². The quantitative estimate of drug-likeness (QED) is 0.740. The molecule has 0 aromatic carbocycles. The molecule has 0 aliphatic rings. The van der Waals surface area contributed by atoms with Crippen molar-refractivity contribution in [3.05, 3.63) is 0 Å². The summed E-state index contributed by atoms with van der Waals surface area (Å²) >= 11 is 1.51. The molecule has 0 saturated heterocycles. The van der Waals surface area contributed by atoms with Gasteiger partial charge in [-0.05, 0) is 0 Å². The van der Waals surface area contributed by atoms with Crippen LogP contribution in [0.5, 0.6) is 0 Å². The molecular formula is C5H11NW. The third-order valence-corrected chi connectivity index (χ3v) is 1.36. The zero-order chi connectivity index (χ0) is 5.54. The van der Waals surface area contributed by atoms with Crippen LogP contribution >= 0.6 is 0 Å². The summed E-state index contributed by atoms with van der Waals surface area (Å²) in [6.07, 6.45) is 2.58. The van der Waals surface area contributed by atoms with E-state index in [2.05, 4.69) is 16.8 Å². The number of rotatable bonds is 4. The fourth-order valence-corrected chi connectivity index (χ4v) is 0.761. The summed E-state index contributed by atoms with van der Waals surface area (Å²) in [5.41, 5.74) is 0. The first-order chi connectivity index (χ1) is 3.41. The van der Waals surface area contributed by atoms with Crippen molar-refractivity contribution in [1.29, 1.82) is 0 Å². The van der Waals surface area contributed by atoms with E-state index in [0.29, 0.717) is 0 Å². The van der Waals surface area contributed by atoms with Crippen LogP contribution < -0.4 is 5.32 Å². The van der Waals surface area contributed by atoms with E-state index >= 15 is 0 Å². The normalized spacial score (nSPS) is 8.71.